The maximum absolute atomic E-state index is 11.3. The molecule has 1 aromatic rings. The van der Waals surface area contributed by atoms with Crippen molar-refractivity contribution in [3.63, 3.8) is 0 Å². The van der Waals surface area contributed by atoms with E-state index in [-0.39, 0.29) is 11.8 Å². The van der Waals surface area contributed by atoms with Crippen LogP contribution in [0.3, 0.4) is 0 Å². The summed E-state index contributed by atoms with van der Waals surface area (Å²) in [5.41, 5.74) is 1.03. The van der Waals surface area contributed by atoms with Crippen molar-refractivity contribution in [2.24, 2.45) is 0 Å². The molecule has 0 aliphatic carbocycles. The van der Waals surface area contributed by atoms with Gasteiger partial charge in [0, 0.05) is 11.1 Å². The number of rotatable bonds is 5. The summed E-state index contributed by atoms with van der Waals surface area (Å²) in [5, 5.41) is 0.669. The fraction of sp³-hybridized carbons (Fsp3) is 0.455. The van der Waals surface area contributed by atoms with Crippen LogP contribution in [0.2, 0.25) is 5.02 Å². The first-order chi connectivity index (χ1) is 7.43. The Morgan fingerprint density at radius 2 is 2.12 bits per heavy atom. The molecule has 0 saturated heterocycles. The Kier molecular flexibility index (Phi) is 4.77. The summed E-state index contributed by atoms with van der Waals surface area (Å²) in [7, 11) is -3.13. The Morgan fingerprint density at radius 1 is 1.44 bits per heavy atom. The van der Waals surface area contributed by atoms with Crippen molar-refractivity contribution in [1.29, 1.82) is 0 Å². The van der Waals surface area contributed by atoms with E-state index in [9.17, 15) is 8.42 Å². The van der Waals surface area contributed by atoms with E-state index in [1.807, 2.05) is 25.1 Å². The molecule has 1 atom stereocenters. The molecule has 0 heterocycles. The average Bonchev–Trinajstić information content (AvgIpc) is 2.16. The number of halogens is 1. The number of sulfonamides is 1. The van der Waals surface area contributed by atoms with Gasteiger partial charge in [-0.1, -0.05) is 23.7 Å². The third kappa shape index (κ3) is 4.51. The van der Waals surface area contributed by atoms with Crippen molar-refractivity contribution < 1.29 is 8.42 Å². The van der Waals surface area contributed by atoms with E-state index < -0.39 is 10.0 Å². The maximum atomic E-state index is 11.3. The van der Waals surface area contributed by atoms with Crippen LogP contribution in [0.4, 0.5) is 0 Å². The lowest BCUT2D eigenvalue weighted by atomic mass is 10.1. The topological polar surface area (TPSA) is 46.2 Å². The van der Waals surface area contributed by atoms with Crippen LogP contribution in [0.25, 0.3) is 0 Å². The van der Waals surface area contributed by atoms with Crippen molar-refractivity contribution in [3.05, 3.63) is 34.9 Å². The Bertz CT molecular complexity index is 445. The fourth-order valence-corrected chi connectivity index (χ4v) is 2.52. The quantitative estimate of drug-likeness (QED) is 0.883. The van der Waals surface area contributed by atoms with Crippen LogP contribution >= 0.6 is 11.6 Å². The first kappa shape index (κ1) is 13.5. The molecule has 3 nitrogen and oxygen atoms in total. The predicted octanol–water partition coefficient (Wildman–Crippen LogP) is 2.21. The van der Waals surface area contributed by atoms with E-state index in [0.29, 0.717) is 11.4 Å². The minimum absolute atomic E-state index is 0.104. The molecule has 90 valence electrons. The molecule has 0 spiro atoms. The van der Waals surface area contributed by atoms with Crippen LogP contribution in [0.1, 0.15) is 19.4 Å². The zero-order valence-corrected chi connectivity index (χ0v) is 11.0. The lowest BCUT2D eigenvalue weighted by molar-refractivity contribution is 0.561. The number of hydrogen-bond donors (Lipinski definition) is 1. The van der Waals surface area contributed by atoms with E-state index in [1.54, 1.807) is 13.0 Å². The summed E-state index contributed by atoms with van der Waals surface area (Å²) >= 11 is 5.85. The van der Waals surface area contributed by atoms with Gasteiger partial charge in [-0.05, 0) is 38.0 Å². The highest BCUT2D eigenvalue weighted by molar-refractivity contribution is 7.89. The van der Waals surface area contributed by atoms with Crippen LogP contribution in [0.15, 0.2) is 24.3 Å². The van der Waals surface area contributed by atoms with Gasteiger partial charge in [-0.3, -0.25) is 0 Å². The van der Waals surface area contributed by atoms with Crippen molar-refractivity contribution in [2.45, 2.75) is 26.3 Å². The monoisotopic (exact) mass is 261 g/mol. The van der Waals surface area contributed by atoms with E-state index in [2.05, 4.69) is 4.72 Å². The van der Waals surface area contributed by atoms with E-state index in [1.165, 1.54) is 0 Å². The van der Waals surface area contributed by atoms with E-state index >= 15 is 0 Å². The zero-order chi connectivity index (χ0) is 12.2. The Labute approximate surface area is 102 Å². The molecule has 0 bridgehead atoms. The summed E-state index contributed by atoms with van der Waals surface area (Å²) < 4.78 is 25.3. The van der Waals surface area contributed by atoms with Gasteiger partial charge in [-0.15, -0.1) is 0 Å². The largest absolute Gasteiger partial charge is 0.212 e. The molecular formula is C11H16ClNO2S. The van der Waals surface area contributed by atoms with Gasteiger partial charge >= 0.3 is 0 Å². The third-order valence-electron chi connectivity index (χ3n) is 2.19. The minimum Gasteiger partial charge on any atom is -0.212 e. The van der Waals surface area contributed by atoms with Gasteiger partial charge in [0.05, 0.1) is 5.75 Å². The highest BCUT2D eigenvalue weighted by atomic mass is 35.5. The molecule has 0 fully saturated rings. The minimum atomic E-state index is -3.13. The molecule has 0 radical (unpaired) electrons. The van der Waals surface area contributed by atoms with Gasteiger partial charge in [0.15, 0.2) is 0 Å². The first-order valence-corrected chi connectivity index (χ1v) is 7.20. The Morgan fingerprint density at radius 3 is 2.69 bits per heavy atom. The van der Waals surface area contributed by atoms with Crippen LogP contribution in [0.5, 0.6) is 0 Å². The van der Waals surface area contributed by atoms with Gasteiger partial charge in [0.25, 0.3) is 0 Å². The van der Waals surface area contributed by atoms with Crippen LogP contribution in [-0.4, -0.2) is 20.2 Å². The molecule has 1 aromatic carbocycles. The molecule has 1 rings (SSSR count). The van der Waals surface area contributed by atoms with Gasteiger partial charge in [-0.2, -0.15) is 0 Å². The zero-order valence-electron chi connectivity index (χ0n) is 9.40. The Balaban J connectivity index is 2.62. The highest BCUT2D eigenvalue weighted by Crippen LogP contribution is 2.12. The van der Waals surface area contributed by atoms with Crippen molar-refractivity contribution in [3.8, 4) is 0 Å². The molecule has 16 heavy (non-hydrogen) atoms. The maximum Gasteiger partial charge on any atom is 0.211 e. The van der Waals surface area contributed by atoms with Crippen molar-refractivity contribution in [1.82, 2.24) is 4.72 Å². The summed E-state index contributed by atoms with van der Waals surface area (Å²) in [6.45, 7) is 3.46. The molecule has 0 aromatic heterocycles. The lowest BCUT2D eigenvalue weighted by Gasteiger charge is -2.13. The van der Waals surface area contributed by atoms with Crippen molar-refractivity contribution in [2.75, 3.05) is 5.75 Å². The standard InChI is InChI=1S/C11H16ClNO2S/c1-3-16(14,15)13-9(2)7-10-5-4-6-11(12)8-10/h4-6,8-9,13H,3,7H2,1-2H3. The molecule has 0 amide bonds. The molecule has 1 unspecified atom stereocenters. The van der Waals surface area contributed by atoms with E-state index in [4.69, 9.17) is 11.6 Å². The van der Waals surface area contributed by atoms with Crippen LogP contribution in [-0.2, 0) is 16.4 Å². The number of nitrogens with one attached hydrogen (secondary N) is 1. The first-order valence-electron chi connectivity index (χ1n) is 5.17. The van der Waals surface area contributed by atoms with Crippen LogP contribution in [0, 0.1) is 0 Å². The molecule has 0 aliphatic rings. The summed E-state index contributed by atoms with van der Waals surface area (Å²) in [6.07, 6.45) is 0.639. The second-order valence-corrected chi connectivity index (χ2v) is 6.24. The van der Waals surface area contributed by atoms with Crippen LogP contribution < -0.4 is 4.72 Å². The van der Waals surface area contributed by atoms with Crippen molar-refractivity contribution >= 4 is 21.6 Å². The van der Waals surface area contributed by atoms with Gasteiger partial charge in [0.1, 0.15) is 0 Å². The normalized spacial score (nSPS) is 13.7. The second kappa shape index (κ2) is 5.66. The molecular weight excluding hydrogens is 246 g/mol. The lowest BCUT2D eigenvalue weighted by Crippen LogP contribution is -2.35. The SMILES string of the molecule is CCS(=O)(=O)NC(C)Cc1cccc(Cl)c1. The smallest absolute Gasteiger partial charge is 0.211 e. The predicted molar refractivity (Wildman–Crippen MR) is 67.2 cm³/mol. The van der Waals surface area contributed by atoms with Gasteiger partial charge in [-0.25, -0.2) is 13.1 Å². The number of benzene rings is 1. The summed E-state index contributed by atoms with van der Waals surface area (Å²) in [6, 6.07) is 7.31. The van der Waals surface area contributed by atoms with E-state index in [0.717, 1.165) is 5.56 Å². The highest BCUT2D eigenvalue weighted by Gasteiger charge is 2.12. The molecule has 0 aliphatic heterocycles. The molecule has 0 saturated carbocycles. The second-order valence-electron chi connectivity index (χ2n) is 3.76. The van der Waals surface area contributed by atoms with Gasteiger partial charge < -0.3 is 0 Å². The summed E-state index contributed by atoms with van der Waals surface area (Å²) in [4.78, 5) is 0. The third-order valence-corrected chi connectivity index (χ3v) is 3.95. The number of hydrogen-bond acceptors (Lipinski definition) is 2. The fourth-order valence-electron chi connectivity index (χ4n) is 1.45. The Hall–Kier alpha value is -0.580. The molecule has 1 N–H and O–H groups in total. The van der Waals surface area contributed by atoms with Gasteiger partial charge in [0.2, 0.25) is 10.0 Å². The molecule has 5 heteroatoms. The summed E-state index contributed by atoms with van der Waals surface area (Å²) in [5.74, 6) is 0.104. The average molecular weight is 262 g/mol.